The van der Waals surface area contributed by atoms with Crippen LogP contribution in [0.2, 0.25) is 0 Å². The summed E-state index contributed by atoms with van der Waals surface area (Å²) in [4.78, 5) is 4.58. The van der Waals surface area contributed by atoms with E-state index in [0.29, 0.717) is 19.1 Å². The molecule has 5 nitrogen and oxygen atoms in total. The maximum absolute atomic E-state index is 5.75. The Morgan fingerprint density at radius 1 is 1.27 bits per heavy atom. The van der Waals surface area contributed by atoms with Crippen molar-refractivity contribution >= 4 is 5.96 Å². The molecule has 0 aromatic heterocycles. The molecule has 22 heavy (non-hydrogen) atoms. The standard InChI is InChI=1S/C17H29N3O2/c1-5-18-17(19-9-10-21-4)20-12-15-7-6-8-16(11-15)22-13-14(2)3/h6-8,11,14H,5,9-10,12-13H2,1-4H3,(H2,18,19,20). The van der Waals surface area contributed by atoms with Crippen molar-refractivity contribution in [3.63, 3.8) is 0 Å². The molecule has 1 rings (SSSR count). The zero-order chi connectivity index (χ0) is 16.2. The Labute approximate surface area is 134 Å². The summed E-state index contributed by atoms with van der Waals surface area (Å²) in [6.07, 6.45) is 0. The summed E-state index contributed by atoms with van der Waals surface area (Å²) in [5.41, 5.74) is 1.13. The van der Waals surface area contributed by atoms with Crippen molar-refractivity contribution in [2.75, 3.05) is 33.4 Å². The van der Waals surface area contributed by atoms with Crippen LogP contribution in [-0.2, 0) is 11.3 Å². The normalized spacial score (nSPS) is 11.6. The lowest BCUT2D eigenvalue weighted by Crippen LogP contribution is -2.38. The van der Waals surface area contributed by atoms with Gasteiger partial charge in [-0.2, -0.15) is 0 Å². The minimum atomic E-state index is 0.520. The van der Waals surface area contributed by atoms with Gasteiger partial charge in [-0.05, 0) is 30.5 Å². The van der Waals surface area contributed by atoms with E-state index in [-0.39, 0.29) is 0 Å². The molecule has 0 aliphatic carbocycles. The Morgan fingerprint density at radius 2 is 2.09 bits per heavy atom. The van der Waals surface area contributed by atoms with E-state index in [1.165, 1.54) is 0 Å². The van der Waals surface area contributed by atoms with Crippen LogP contribution in [0.3, 0.4) is 0 Å². The molecule has 0 amide bonds. The first-order valence-corrected chi connectivity index (χ1v) is 7.88. The third-order valence-electron chi connectivity index (χ3n) is 2.84. The summed E-state index contributed by atoms with van der Waals surface area (Å²) in [6, 6.07) is 8.10. The van der Waals surface area contributed by atoms with Gasteiger partial charge in [-0.15, -0.1) is 0 Å². The molecule has 0 heterocycles. The van der Waals surface area contributed by atoms with Gasteiger partial charge in [0.25, 0.3) is 0 Å². The lowest BCUT2D eigenvalue weighted by atomic mass is 10.2. The van der Waals surface area contributed by atoms with E-state index >= 15 is 0 Å². The van der Waals surface area contributed by atoms with Crippen LogP contribution >= 0.6 is 0 Å². The van der Waals surface area contributed by atoms with Crippen molar-refractivity contribution in [1.82, 2.24) is 10.6 Å². The second kappa shape index (κ2) is 10.9. The molecule has 124 valence electrons. The lowest BCUT2D eigenvalue weighted by molar-refractivity contribution is 0.203. The molecular formula is C17H29N3O2. The third kappa shape index (κ3) is 7.88. The number of methoxy groups -OCH3 is 1. The Bertz CT molecular complexity index is 447. The fraction of sp³-hybridized carbons (Fsp3) is 0.588. The molecule has 0 saturated carbocycles. The fourth-order valence-electron chi connectivity index (χ4n) is 1.78. The van der Waals surface area contributed by atoms with Gasteiger partial charge in [0.05, 0.1) is 19.8 Å². The monoisotopic (exact) mass is 307 g/mol. The number of hydrogen-bond acceptors (Lipinski definition) is 3. The molecule has 0 fully saturated rings. The highest BCUT2D eigenvalue weighted by molar-refractivity contribution is 5.79. The van der Waals surface area contributed by atoms with E-state index < -0.39 is 0 Å². The molecular weight excluding hydrogens is 278 g/mol. The molecule has 0 radical (unpaired) electrons. The molecule has 0 spiro atoms. The summed E-state index contributed by atoms with van der Waals surface area (Å²) in [5, 5.41) is 6.45. The topological polar surface area (TPSA) is 54.9 Å². The highest BCUT2D eigenvalue weighted by Gasteiger charge is 2.00. The Hall–Kier alpha value is -1.75. The molecule has 0 aliphatic rings. The molecule has 1 aromatic carbocycles. The van der Waals surface area contributed by atoms with E-state index in [9.17, 15) is 0 Å². The molecule has 5 heteroatoms. The number of rotatable bonds is 9. The van der Waals surface area contributed by atoms with E-state index in [4.69, 9.17) is 9.47 Å². The fourth-order valence-corrected chi connectivity index (χ4v) is 1.78. The number of hydrogen-bond donors (Lipinski definition) is 2. The van der Waals surface area contributed by atoms with Gasteiger partial charge in [-0.3, -0.25) is 0 Å². The largest absolute Gasteiger partial charge is 0.493 e. The first kappa shape index (κ1) is 18.3. The summed E-state index contributed by atoms with van der Waals surface area (Å²) >= 11 is 0. The predicted molar refractivity (Wildman–Crippen MR) is 91.5 cm³/mol. The van der Waals surface area contributed by atoms with Gasteiger partial charge in [-0.25, -0.2) is 4.99 Å². The van der Waals surface area contributed by atoms with Gasteiger partial charge in [0.2, 0.25) is 0 Å². The number of benzene rings is 1. The average Bonchev–Trinajstić information content (AvgIpc) is 2.51. The SMILES string of the molecule is CCNC(=NCc1cccc(OCC(C)C)c1)NCCOC. The highest BCUT2D eigenvalue weighted by Crippen LogP contribution is 2.15. The second-order valence-corrected chi connectivity index (χ2v) is 5.47. The van der Waals surface area contributed by atoms with E-state index in [1.54, 1.807) is 7.11 Å². The Balaban J connectivity index is 2.58. The first-order valence-electron chi connectivity index (χ1n) is 7.88. The summed E-state index contributed by atoms with van der Waals surface area (Å²) in [6.45, 7) is 9.90. The number of aliphatic imine (C=N–C) groups is 1. The molecule has 0 unspecified atom stereocenters. The summed E-state index contributed by atoms with van der Waals surface area (Å²) in [7, 11) is 1.69. The van der Waals surface area contributed by atoms with Gasteiger partial charge >= 0.3 is 0 Å². The molecule has 0 saturated heterocycles. The van der Waals surface area contributed by atoms with Crippen molar-refractivity contribution in [2.24, 2.45) is 10.9 Å². The maximum Gasteiger partial charge on any atom is 0.191 e. The quantitative estimate of drug-likeness (QED) is 0.418. The van der Waals surface area contributed by atoms with E-state index in [2.05, 4.69) is 35.5 Å². The van der Waals surface area contributed by atoms with Crippen LogP contribution in [0.1, 0.15) is 26.3 Å². The van der Waals surface area contributed by atoms with Gasteiger partial charge in [0.15, 0.2) is 5.96 Å². The van der Waals surface area contributed by atoms with Crippen LogP contribution in [0, 0.1) is 5.92 Å². The molecule has 0 aliphatic heterocycles. The molecule has 0 bridgehead atoms. The van der Waals surface area contributed by atoms with Crippen molar-refractivity contribution < 1.29 is 9.47 Å². The van der Waals surface area contributed by atoms with Gasteiger partial charge in [-0.1, -0.05) is 26.0 Å². The minimum Gasteiger partial charge on any atom is -0.493 e. The number of nitrogens with one attached hydrogen (secondary N) is 2. The lowest BCUT2D eigenvalue weighted by Gasteiger charge is -2.11. The van der Waals surface area contributed by atoms with Crippen molar-refractivity contribution in [2.45, 2.75) is 27.3 Å². The smallest absolute Gasteiger partial charge is 0.191 e. The van der Waals surface area contributed by atoms with Crippen molar-refractivity contribution in [3.8, 4) is 5.75 Å². The molecule has 2 N–H and O–H groups in total. The maximum atomic E-state index is 5.75. The van der Waals surface area contributed by atoms with Crippen LogP contribution in [0.4, 0.5) is 0 Å². The van der Waals surface area contributed by atoms with Crippen LogP contribution in [0.25, 0.3) is 0 Å². The summed E-state index contributed by atoms with van der Waals surface area (Å²) < 4.78 is 10.8. The third-order valence-corrected chi connectivity index (χ3v) is 2.84. The average molecular weight is 307 g/mol. The van der Waals surface area contributed by atoms with Crippen LogP contribution in [-0.4, -0.2) is 39.4 Å². The number of guanidine groups is 1. The highest BCUT2D eigenvalue weighted by atomic mass is 16.5. The zero-order valence-corrected chi connectivity index (χ0v) is 14.2. The predicted octanol–water partition coefficient (Wildman–Crippen LogP) is 2.42. The second-order valence-electron chi connectivity index (χ2n) is 5.47. The van der Waals surface area contributed by atoms with Gasteiger partial charge < -0.3 is 20.1 Å². The van der Waals surface area contributed by atoms with Gasteiger partial charge in [0, 0.05) is 20.2 Å². The first-order chi connectivity index (χ1) is 10.7. The number of ether oxygens (including phenoxy) is 2. The zero-order valence-electron chi connectivity index (χ0n) is 14.2. The van der Waals surface area contributed by atoms with E-state index in [0.717, 1.165) is 37.0 Å². The van der Waals surface area contributed by atoms with E-state index in [1.807, 2.05) is 25.1 Å². The Kier molecular flexibility index (Phi) is 9.07. The van der Waals surface area contributed by atoms with Crippen LogP contribution in [0.15, 0.2) is 29.3 Å². The number of nitrogens with zero attached hydrogens (tertiary/aromatic N) is 1. The summed E-state index contributed by atoms with van der Waals surface area (Å²) in [5.74, 6) is 2.22. The molecule has 0 atom stereocenters. The van der Waals surface area contributed by atoms with Crippen molar-refractivity contribution in [1.29, 1.82) is 0 Å². The van der Waals surface area contributed by atoms with Crippen LogP contribution in [0.5, 0.6) is 5.75 Å². The van der Waals surface area contributed by atoms with Crippen molar-refractivity contribution in [3.05, 3.63) is 29.8 Å². The minimum absolute atomic E-state index is 0.520. The van der Waals surface area contributed by atoms with Gasteiger partial charge in [0.1, 0.15) is 5.75 Å². The Morgan fingerprint density at radius 3 is 2.77 bits per heavy atom. The van der Waals surface area contributed by atoms with Crippen LogP contribution < -0.4 is 15.4 Å². The molecule has 1 aromatic rings.